The molecule has 0 radical (unpaired) electrons. The second-order valence-electron chi connectivity index (χ2n) is 8.41. The van der Waals surface area contributed by atoms with E-state index in [1.165, 1.54) is 0 Å². The quantitative estimate of drug-likeness (QED) is 0.273. The van der Waals surface area contributed by atoms with Crippen LogP contribution in [0.15, 0.2) is 60.7 Å². The molecule has 0 fully saturated rings. The molecule has 0 aliphatic rings. The third-order valence-corrected chi connectivity index (χ3v) is 4.53. The van der Waals surface area contributed by atoms with Crippen molar-refractivity contribution < 1.29 is 24.5 Å². The number of hydrogen-bond acceptors (Lipinski definition) is 5. The Hall–Kier alpha value is -2.50. The van der Waals surface area contributed by atoms with Crippen LogP contribution in [0.2, 0.25) is 0 Å². The van der Waals surface area contributed by atoms with Gasteiger partial charge < -0.3 is 14.9 Å². The number of aliphatic hydroxyl groups is 2. The third kappa shape index (κ3) is 8.89. The summed E-state index contributed by atoms with van der Waals surface area (Å²) in [5.74, 6) is -0.102. The maximum absolute atomic E-state index is 11.7. The van der Waals surface area contributed by atoms with Crippen molar-refractivity contribution in [3.8, 4) is 5.75 Å². The Balaban J connectivity index is 0.000000314. The molecule has 0 spiro atoms. The van der Waals surface area contributed by atoms with Crippen LogP contribution in [-0.2, 0) is 4.79 Å². The van der Waals surface area contributed by atoms with Gasteiger partial charge >= 0.3 is 5.97 Å². The lowest BCUT2D eigenvalue weighted by Gasteiger charge is -2.33. The lowest BCUT2D eigenvalue weighted by molar-refractivity contribution is -0.129. The predicted molar refractivity (Wildman–Crippen MR) is 118 cm³/mol. The van der Waals surface area contributed by atoms with Gasteiger partial charge in [-0.3, -0.25) is 4.79 Å². The van der Waals surface area contributed by atoms with Gasteiger partial charge in [0.2, 0.25) is 0 Å². The van der Waals surface area contributed by atoms with E-state index in [1.807, 2.05) is 0 Å². The molecule has 0 heterocycles. The summed E-state index contributed by atoms with van der Waals surface area (Å²) < 4.78 is 4.94. The largest absolute Gasteiger partial charge is 0.421 e. The topological polar surface area (TPSA) is 83.8 Å². The van der Waals surface area contributed by atoms with E-state index < -0.39 is 11.8 Å². The van der Waals surface area contributed by atoms with E-state index in [-0.39, 0.29) is 18.6 Å². The Bertz CT molecular complexity index is 738. The summed E-state index contributed by atoms with van der Waals surface area (Å²) in [7, 11) is 0. The van der Waals surface area contributed by atoms with Crippen molar-refractivity contribution in [3.05, 3.63) is 66.2 Å². The summed E-state index contributed by atoms with van der Waals surface area (Å²) in [5.41, 5.74) is 0.0657. The second kappa shape index (κ2) is 12.9. The number of benzene rings is 2. The zero-order valence-electron chi connectivity index (χ0n) is 18.4. The number of hydrogen-bond donors (Lipinski definition) is 2. The first-order valence-electron chi connectivity index (χ1n) is 10.3. The maximum Gasteiger partial charge on any atom is 0.385 e. The summed E-state index contributed by atoms with van der Waals surface area (Å²) in [5, 5.41) is 18.6. The Morgan fingerprint density at radius 1 is 0.800 bits per heavy atom. The van der Waals surface area contributed by atoms with E-state index in [1.54, 1.807) is 60.7 Å². The zero-order chi connectivity index (χ0) is 22.6. The van der Waals surface area contributed by atoms with Gasteiger partial charge in [0.1, 0.15) is 5.75 Å². The van der Waals surface area contributed by atoms with Gasteiger partial charge in [-0.2, -0.15) is 0 Å². The van der Waals surface area contributed by atoms with Gasteiger partial charge in [-0.05, 0) is 36.8 Å². The Labute approximate surface area is 179 Å². The number of esters is 1. The van der Waals surface area contributed by atoms with Crippen molar-refractivity contribution in [1.29, 1.82) is 0 Å². The standard InChI is InChI=1S/C14H10O3.C11H24O2/c15-13(11-7-3-1-4-8-11)14(16)17-12-9-5-2-6-10-12;1-9(2)5-11(7-12,8-13)6-10(3)4/h1-10H;9-10,12-13H,5-8H2,1-4H3. The van der Waals surface area contributed by atoms with E-state index in [0.717, 1.165) is 12.8 Å². The molecule has 2 N–H and O–H groups in total. The second-order valence-corrected chi connectivity index (χ2v) is 8.41. The molecular formula is C25H34O5. The summed E-state index contributed by atoms with van der Waals surface area (Å²) >= 11 is 0. The highest BCUT2D eigenvalue weighted by Gasteiger charge is 2.30. The van der Waals surface area contributed by atoms with Crippen LogP contribution in [-0.4, -0.2) is 35.2 Å². The molecule has 2 aromatic carbocycles. The van der Waals surface area contributed by atoms with E-state index in [9.17, 15) is 19.8 Å². The molecular weight excluding hydrogens is 380 g/mol. The maximum atomic E-state index is 11.7. The fraction of sp³-hybridized carbons (Fsp3) is 0.440. The molecule has 0 atom stereocenters. The lowest BCUT2D eigenvalue weighted by Crippen LogP contribution is -2.33. The van der Waals surface area contributed by atoms with Crippen LogP contribution in [0.25, 0.3) is 0 Å². The molecule has 0 aromatic heterocycles. The minimum absolute atomic E-state index is 0.0971. The SMILES string of the molecule is CC(C)CC(CO)(CO)CC(C)C.O=C(Oc1ccccc1)C(=O)c1ccccc1. The Morgan fingerprint density at radius 2 is 1.23 bits per heavy atom. The van der Waals surface area contributed by atoms with Crippen LogP contribution < -0.4 is 4.74 Å². The van der Waals surface area contributed by atoms with E-state index in [4.69, 9.17) is 4.74 Å². The average Bonchev–Trinajstić information content (AvgIpc) is 2.73. The van der Waals surface area contributed by atoms with E-state index >= 15 is 0 Å². The van der Waals surface area contributed by atoms with Crippen LogP contribution >= 0.6 is 0 Å². The number of aliphatic hydroxyl groups excluding tert-OH is 2. The summed E-state index contributed by atoms with van der Waals surface area (Å²) in [6.07, 6.45) is 1.80. The van der Waals surface area contributed by atoms with Crippen LogP contribution in [0.4, 0.5) is 0 Å². The highest BCUT2D eigenvalue weighted by molar-refractivity contribution is 6.41. The smallest absolute Gasteiger partial charge is 0.385 e. The highest BCUT2D eigenvalue weighted by Crippen LogP contribution is 2.32. The Kier molecular flexibility index (Phi) is 11.0. The number of carbonyl (C=O) groups is 2. The molecule has 5 heteroatoms. The van der Waals surface area contributed by atoms with Crippen molar-refractivity contribution in [2.24, 2.45) is 17.3 Å². The number of carbonyl (C=O) groups excluding carboxylic acids is 2. The van der Waals surface area contributed by atoms with Crippen molar-refractivity contribution in [1.82, 2.24) is 0 Å². The number of para-hydroxylation sites is 1. The van der Waals surface area contributed by atoms with Crippen molar-refractivity contribution in [3.63, 3.8) is 0 Å². The van der Waals surface area contributed by atoms with E-state index in [2.05, 4.69) is 27.7 Å². The molecule has 2 aromatic rings. The van der Waals surface area contributed by atoms with Crippen LogP contribution in [0.1, 0.15) is 50.9 Å². The molecule has 0 saturated heterocycles. The van der Waals surface area contributed by atoms with E-state index in [0.29, 0.717) is 23.1 Å². The first-order chi connectivity index (χ1) is 14.2. The third-order valence-electron chi connectivity index (χ3n) is 4.53. The van der Waals surface area contributed by atoms with Gasteiger partial charge in [0.25, 0.3) is 5.78 Å². The van der Waals surface area contributed by atoms with Crippen molar-refractivity contribution in [2.45, 2.75) is 40.5 Å². The van der Waals surface area contributed by atoms with Gasteiger partial charge in [0, 0.05) is 11.0 Å². The molecule has 164 valence electrons. The minimum Gasteiger partial charge on any atom is -0.421 e. The summed E-state index contributed by atoms with van der Waals surface area (Å²) in [4.78, 5) is 23.2. The predicted octanol–water partition coefficient (Wildman–Crippen LogP) is 4.52. The highest BCUT2D eigenvalue weighted by atomic mass is 16.5. The average molecular weight is 415 g/mol. The minimum atomic E-state index is -0.873. The number of rotatable bonds is 9. The van der Waals surface area contributed by atoms with Gasteiger partial charge in [0.15, 0.2) is 0 Å². The molecule has 0 saturated carbocycles. The molecule has 5 nitrogen and oxygen atoms in total. The molecule has 2 rings (SSSR count). The van der Waals surface area contributed by atoms with Gasteiger partial charge in [-0.1, -0.05) is 76.2 Å². The van der Waals surface area contributed by atoms with Crippen LogP contribution in [0, 0.1) is 17.3 Å². The summed E-state index contributed by atoms with van der Waals surface area (Å²) in [6, 6.07) is 16.8. The lowest BCUT2D eigenvalue weighted by atomic mass is 9.75. The summed E-state index contributed by atoms with van der Waals surface area (Å²) in [6.45, 7) is 8.70. The first kappa shape index (κ1) is 25.5. The number of ketones is 1. The molecule has 30 heavy (non-hydrogen) atoms. The van der Waals surface area contributed by atoms with Crippen LogP contribution in [0.5, 0.6) is 5.75 Å². The van der Waals surface area contributed by atoms with Crippen molar-refractivity contribution >= 4 is 11.8 Å². The van der Waals surface area contributed by atoms with Gasteiger partial charge in [-0.15, -0.1) is 0 Å². The molecule has 0 bridgehead atoms. The molecule has 0 aliphatic heterocycles. The molecule has 0 aliphatic carbocycles. The fourth-order valence-electron chi connectivity index (χ4n) is 3.47. The normalized spacial score (nSPS) is 11.1. The first-order valence-corrected chi connectivity index (χ1v) is 10.3. The molecule has 0 unspecified atom stereocenters. The number of Topliss-reactive ketones (excluding diaryl/α,β-unsaturated/α-hetero) is 1. The van der Waals surface area contributed by atoms with Gasteiger partial charge in [-0.25, -0.2) is 4.79 Å². The fourth-order valence-corrected chi connectivity index (χ4v) is 3.47. The molecule has 0 amide bonds. The van der Waals surface area contributed by atoms with Crippen LogP contribution in [0.3, 0.4) is 0 Å². The number of ether oxygens (including phenoxy) is 1. The Morgan fingerprint density at radius 3 is 1.63 bits per heavy atom. The van der Waals surface area contributed by atoms with Crippen molar-refractivity contribution in [2.75, 3.05) is 13.2 Å². The van der Waals surface area contributed by atoms with Gasteiger partial charge in [0.05, 0.1) is 13.2 Å². The zero-order valence-corrected chi connectivity index (χ0v) is 18.4. The monoisotopic (exact) mass is 414 g/mol.